The van der Waals surface area contributed by atoms with E-state index in [4.69, 9.17) is 27.9 Å². The molecule has 0 aliphatic rings. The predicted octanol–water partition coefficient (Wildman–Crippen LogP) is 5.70. The molecule has 1 N–H and O–H groups in total. The van der Waals surface area contributed by atoms with Gasteiger partial charge in [0, 0.05) is 10.2 Å². The highest BCUT2D eigenvalue weighted by molar-refractivity contribution is 9.10. The molecule has 0 atom stereocenters. The van der Waals surface area contributed by atoms with E-state index in [1.165, 1.54) is 6.08 Å². The van der Waals surface area contributed by atoms with Gasteiger partial charge in [-0.05, 0) is 48.9 Å². The average Bonchev–Trinajstić information content (AvgIpc) is 2.56. The van der Waals surface area contributed by atoms with Gasteiger partial charge in [0.05, 0.1) is 16.7 Å². The van der Waals surface area contributed by atoms with Crippen LogP contribution in [0.5, 0.6) is 5.75 Å². The van der Waals surface area contributed by atoms with Crippen LogP contribution in [-0.2, 0) is 4.79 Å². The van der Waals surface area contributed by atoms with Gasteiger partial charge in [-0.3, -0.25) is 4.79 Å². The largest absolute Gasteiger partial charge is 0.491 e. The van der Waals surface area contributed by atoms with Crippen LogP contribution in [0.4, 0.5) is 5.69 Å². The second kappa shape index (κ2) is 8.91. The maximum Gasteiger partial charge on any atom is 0.266 e. The summed E-state index contributed by atoms with van der Waals surface area (Å²) in [5.41, 5.74) is 1.03. The van der Waals surface area contributed by atoms with Crippen molar-refractivity contribution >= 4 is 56.8 Å². The second-order valence-electron chi connectivity index (χ2n) is 4.88. The third-order valence-electron chi connectivity index (χ3n) is 3.07. The number of nitrogens with one attached hydrogen (secondary N) is 1. The van der Waals surface area contributed by atoms with Crippen LogP contribution in [0.3, 0.4) is 0 Å². The summed E-state index contributed by atoms with van der Waals surface area (Å²) < 4.78 is 6.18. The van der Waals surface area contributed by atoms with E-state index in [1.807, 2.05) is 19.1 Å². The van der Waals surface area contributed by atoms with Crippen LogP contribution >= 0.6 is 39.1 Å². The SMILES string of the molecule is CCOc1c(Cl)cc(/C=C(/C#N)C(=O)Nc2cccc(Br)c2)cc1Cl. The zero-order chi connectivity index (χ0) is 18.4. The van der Waals surface area contributed by atoms with Crippen molar-refractivity contribution in [2.75, 3.05) is 11.9 Å². The second-order valence-corrected chi connectivity index (χ2v) is 6.61. The Bertz CT molecular complexity index is 853. The van der Waals surface area contributed by atoms with E-state index < -0.39 is 5.91 Å². The summed E-state index contributed by atoms with van der Waals surface area (Å²) in [6.07, 6.45) is 1.42. The minimum absolute atomic E-state index is 0.0729. The Morgan fingerprint density at radius 1 is 1.32 bits per heavy atom. The van der Waals surface area contributed by atoms with Gasteiger partial charge in [0.2, 0.25) is 0 Å². The number of benzene rings is 2. The van der Waals surface area contributed by atoms with Crippen molar-refractivity contribution in [3.63, 3.8) is 0 Å². The fourth-order valence-corrected chi connectivity index (χ4v) is 3.04. The zero-order valence-corrected chi connectivity index (χ0v) is 16.2. The lowest BCUT2D eigenvalue weighted by Crippen LogP contribution is -2.13. The van der Waals surface area contributed by atoms with Crippen molar-refractivity contribution in [2.45, 2.75) is 6.92 Å². The van der Waals surface area contributed by atoms with E-state index >= 15 is 0 Å². The summed E-state index contributed by atoms with van der Waals surface area (Å²) in [5.74, 6) is -0.151. The Hall–Kier alpha value is -2.00. The number of halogens is 3. The van der Waals surface area contributed by atoms with Gasteiger partial charge in [0.15, 0.2) is 5.75 Å². The first-order chi connectivity index (χ1) is 11.9. The lowest BCUT2D eigenvalue weighted by molar-refractivity contribution is -0.112. The molecular formula is C18H13BrCl2N2O2. The van der Waals surface area contributed by atoms with Crippen molar-refractivity contribution in [3.8, 4) is 11.8 Å². The van der Waals surface area contributed by atoms with Crippen molar-refractivity contribution in [2.24, 2.45) is 0 Å². The van der Waals surface area contributed by atoms with E-state index in [-0.39, 0.29) is 5.57 Å². The van der Waals surface area contributed by atoms with Crippen molar-refractivity contribution in [1.82, 2.24) is 0 Å². The van der Waals surface area contributed by atoms with Crippen LogP contribution in [0.15, 0.2) is 46.4 Å². The van der Waals surface area contributed by atoms with Gasteiger partial charge in [-0.1, -0.05) is 45.2 Å². The van der Waals surface area contributed by atoms with Crippen LogP contribution < -0.4 is 10.1 Å². The Balaban J connectivity index is 2.28. The van der Waals surface area contributed by atoms with Gasteiger partial charge >= 0.3 is 0 Å². The van der Waals surface area contributed by atoms with E-state index in [2.05, 4.69) is 21.2 Å². The monoisotopic (exact) mass is 438 g/mol. The number of carbonyl (C=O) groups is 1. The lowest BCUT2D eigenvalue weighted by Gasteiger charge is -2.09. The molecule has 0 heterocycles. The van der Waals surface area contributed by atoms with Gasteiger partial charge in [-0.2, -0.15) is 5.26 Å². The summed E-state index contributed by atoms with van der Waals surface area (Å²) in [6, 6.07) is 12.1. The van der Waals surface area contributed by atoms with Crippen molar-refractivity contribution < 1.29 is 9.53 Å². The quantitative estimate of drug-likeness (QED) is 0.480. The maximum atomic E-state index is 12.3. The molecular weight excluding hydrogens is 427 g/mol. The molecule has 4 nitrogen and oxygen atoms in total. The fraction of sp³-hybridized carbons (Fsp3) is 0.111. The van der Waals surface area contributed by atoms with E-state index in [0.29, 0.717) is 33.7 Å². The van der Waals surface area contributed by atoms with Gasteiger partial charge < -0.3 is 10.1 Å². The van der Waals surface area contributed by atoms with Crippen molar-refractivity contribution in [3.05, 3.63) is 62.1 Å². The number of nitrogens with zero attached hydrogens (tertiary/aromatic N) is 1. The first-order valence-corrected chi connectivity index (χ1v) is 8.80. The van der Waals surface area contributed by atoms with Gasteiger partial charge in [-0.25, -0.2) is 0 Å². The number of amides is 1. The highest BCUT2D eigenvalue weighted by atomic mass is 79.9. The van der Waals surface area contributed by atoms with E-state index in [1.54, 1.807) is 30.3 Å². The van der Waals surface area contributed by atoms with Crippen LogP contribution in [0, 0.1) is 11.3 Å². The molecule has 2 rings (SSSR count). The number of rotatable bonds is 5. The molecule has 128 valence electrons. The molecule has 2 aromatic rings. The number of carbonyl (C=O) groups excluding carboxylic acids is 1. The first kappa shape index (κ1) is 19.3. The Labute approximate surface area is 164 Å². The van der Waals surface area contributed by atoms with E-state index in [0.717, 1.165) is 4.47 Å². The molecule has 0 aromatic heterocycles. The molecule has 0 bridgehead atoms. The Kier molecular flexibility index (Phi) is 6.89. The minimum Gasteiger partial charge on any atom is -0.491 e. The first-order valence-electron chi connectivity index (χ1n) is 7.25. The molecule has 0 saturated carbocycles. The molecule has 2 aromatic carbocycles. The van der Waals surface area contributed by atoms with Crippen LogP contribution in [-0.4, -0.2) is 12.5 Å². The highest BCUT2D eigenvalue weighted by Gasteiger charge is 2.12. The molecule has 0 aliphatic carbocycles. The van der Waals surface area contributed by atoms with Gasteiger partial charge in [-0.15, -0.1) is 0 Å². The summed E-state index contributed by atoms with van der Waals surface area (Å²) in [7, 11) is 0. The number of ether oxygens (including phenoxy) is 1. The maximum absolute atomic E-state index is 12.3. The van der Waals surface area contributed by atoms with Crippen LogP contribution in [0.2, 0.25) is 10.0 Å². The zero-order valence-electron chi connectivity index (χ0n) is 13.1. The minimum atomic E-state index is -0.526. The predicted molar refractivity (Wildman–Crippen MR) is 104 cm³/mol. The molecule has 7 heteroatoms. The Morgan fingerprint density at radius 2 is 2.00 bits per heavy atom. The molecule has 0 fully saturated rings. The van der Waals surface area contributed by atoms with Gasteiger partial charge in [0.25, 0.3) is 5.91 Å². The number of nitriles is 1. The molecule has 0 saturated heterocycles. The standard InChI is InChI=1S/C18H13BrCl2N2O2/c1-2-25-17-15(20)7-11(8-16(17)21)6-12(10-22)18(24)23-14-5-3-4-13(19)9-14/h3-9H,2H2,1H3,(H,23,24)/b12-6-. The summed E-state index contributed by atoms with van der Waals surface area (Å²) in [4.78, 5) is 12.3. The number of hydrogen-bond donors (Lipinski definition) is 1. The molecule has 0 radical (unpaired) electrons. The molecule has 0 spiro atoms. The van der Waals surface area contributed by atoms with Gasteiger partial charge in [0.1, 0.15) is 11.6 Å². The normalized spacial score (nSPS) is 10.9. The molecule has 25 heavy (non-hydrogen) atoms. The lowest BCUT2D eigenvalue weighted by atomic mass is 10.1. The number of anilines is 1. The Morgan fingerprint density at radius 3 is 2.56 bits per heavy atom. The smallest absolute Gasteiger partial charge is 0.266 e. The highest BCUT2D eigenvalue weighted by Crippen LogP contribution is 2.34. The van der Waals surface area contributed by atoms with Crippen molar-refractivity contribution in [1.29, 1.82) is 5.26 Å². The van der Waals surface area contributed by atoms with Crippen LogP contribution in [0.25, 0.3) is 6.08 Å². The van der Waals surface area contributed by atoms with E-state index in [9.17, 15) is 10.1 Å². The molecule has 1 amide bonds. The number of hydrogen-bond acceptors (Lipinski definition) is 3. The fourth-order valence-electron chi connectivity index (χ4n) is 2.02. The summed E-state index contributed by atoms with van der Waals surface area (Å²) in [6.45, 7) is 2.24. The summed E-state index contributed by atoms with van der Waals surface area (Å²) >= 11 is 15.6. The molecule has 0 unspecified atom stereocenters. The van der Waals surface area contributed by atoms with Crippen LogP contribution in [0.1, 0.15) is 12.5 Å². The summed E-state index contributed by atoms with van der Waals surface area (Å²) in [5, 5.41) is 12.6. The molecule has 0 aliphatic heterocycles. The average molecular weight is 440 g/mol. The third-order valence-corrected chi connectivity index (χ3v) is 4.12. The third kappa shape index (κ3) is 5.23. The topological polar surface area (TPSA) is 62.1 Å².